The highest BCUT2D eigenvalue weighted by Gasteiger charge is 2.23. The van der Waals surface area contributed by atoms with E-state index in [2.05, 4.69) is 25.3 Å². The largest absolute Gasteiger partial charge is 0.369 e. The predicted octanol–water partition coefficient (Wildman–Crippen LogP) is 2.53. The third kappa shape index (κ3) is 6.51. The molecule has 1 fully saturated rings. The Morgan fingerprint density at radius 3 is 2.39 bits per heavy atom. The van der Waals surface area contributed by atoms with Gasteiger partial charge in [0.1, 0.15) is 11.4 Å². The van der Waals surface area contributed by atoms with Crippen LogP contribution in [0.3, 0.4) is 0 Å². The van der Waals surface area contributed by atoms with Crippen LogP contribution in [0.15, 0.2) is 49.1 Å². The van der Waals surface area contributed by atoms with Crippen LogP contribution < -0.4 is 16.0 Å². The maximum Gasteiger partial charge on any atom is 0.262 e. The van der Waals surface area contributed by atoms with Gasteiger partial charge in [-0.2, -0.15) is 9.78 Å². The lowest BCUT2D eigenvalue weighted by Gasteiger charge is -2.33. The van der Waals surface area contributed by atoms with Gasteiger partial charge in [0.25, 0.3) is 5.91 Å². The van der Waals surface area contributed by atoms with Crippen molar-refractivity contribution in [3.63, 3.8) is 0 Å². The minimum atomic E-state index is -0.347. The topological polar surface area (TPSA) is 140 Å². The van der Waals surface area contributed by atoms with Gasteiger partial charge in [-0.1, -0.05) is 33.8 Å². The molecular formula is C26H36N10O2. The summed E-state index contributed by atoms with van der Waals surface area (Å²) in [5.41, 5.74) is 7.16. The number of fused-ring (bicyclic) bond motifs is 1. The van der Waals surface area contributed by atoms with Gasteiger partial charge in [0, 0.05) is 50.8 Å². The Hall–Kier alpha value is -4.32. The highest BCUT2D eigenvalue weighted by atomic mass is 16.2. The van der Waals surface area contributed by atoms with Crippen LogP contribution in [0.1, 0.15) is 43.6 Å². The van der Waals surface area contributed by atoms with Crippen LogP contribution in [-0.4, -0.2) is 78.8 Å². The van der Waals surface area contributed by atoms with Gasteiger partial charge in [0.15, 0.2) is 17.3 Å². The van der Waals surface area contributed by atoms with E-state index in [0.717, 1.165) is 5.56 Å². The second kappa shape index (κ2) is 13.3. The monoisotopic (exact) mass is 520 g/mol. The third-order valence-corrected chi connectivity index (χ3v) is 5.65. The molecule has 12 nitrogen and oxygen atoms in total. The van der Waals surface area contributed by atoms with Crippen LogP contribution >= 0.6 is 0 Å². The van der Waals surface area contributed by atoms with Crippen molar-refractivity contribution in [1.82, 2.24) is 34.3 Å². The van der Waals surface area contributed by atoms with Crippen molar-refractivity contribution in [1.29, 1.82) is 0 Å². The van der Waals surface area contributed by atoms with E-state index in [-0.39, 0.29) is 18.4 Å². The number of pyridine rings is 1. The first-order valence-corrected chi connectivity index (χ1v) is 12.9. The first kappa shape index (κ1) is 28.3. The summed E-state index contributed by atoms with van der Waals surface area (Å²) in [6, 6.07) is 7.36. The molecule has 5 rings (SSSR count). The first-order chi connectivity index (χ1) is 18.5. The molecule has 1 aliphatic heterocycles. The Bertz CT molecular complexity index is 1340. The van der Waals surface area contributed by atoms with Crippen LogP contribution in [0.5, 0.6) is 0 Å². The summed E-state index contributed by atoms with van der Waals surface area (Å²) in [5.74, 6) is 1.08. The van der Waals surface area contributed by atoms with Crippen molar-refractivity contribution in [2.24, 2.45) is 5.73 Å². The second-order valence-electron chi connectivity index (χ2n) is 8.12. The van der Waals surface area contributed by atoms with Crippen molar-refractivity contribution in [3.05, 3.63) is 60.2 Å². The number of primary amides is 1. The average molecular weight is 521 g/mol. The van der Waals surface area contributed by atoms with E-state index in [1.807, 2.05) is 57.7 Å². The number of rotatable bonds is 6. The molecule has 1 saturated heterocycles. The maximum atomic E-state index is 13.1. The van der Waals surface area contributed by atoms with Crippen LogP contribution in [0.4, 0.5) is 11.6 Å². The van der Waals surface area contributed by atoms with Gasteiger partial charge in [-0.15, -0.1) is 5.10 Å². The number of aromatic nitrogens is 6. The van der Waals surface area contributed by atoms with Crippen molar-refractivity contribution < 1.29 is 9.59 Å². The number of hydrogen-bond acceptors (Lipinski definition) is 8. The normalized spacial score (nSPS) is 13.2. The Morgan fingerprint density at radius 1 is 1.00 bits per heavy atom. The van der Waals surface area contributed by atoms with Gasteiger partial charge < -0.3 is 16.0 Å². The zero-order valence-electron chi connectivity index (χ0n) is 22.6. The van der Waals surface area contributed by atoms with E-state index in [4.69, 9.17) is 10.8 Å². The number of hydrogen-bond donors (Lipinski definition) is 2. The van der Waals surface area contributed by atoms with Crippen LogP contribution in [0.2, 0.25) is 0 Å². The summed E-state index contributed by atoms with van der Waals surface area (Å²) >= 11 is 0. The van der Waals surface area contributed by atoms with E-state index in [1.54, 1.807) is 33.9 Å². The SMILES string of the molecule is CC.CC.Cc1ccc(-n2nc(N3CCN(CC(N)=O)CC3)cc2NC(=O)c2cnn3cccnc23)nc1. The molecule has 0 saturated carbocycles. The molecule has 3 N–H and O–H groups in total. The predicted molar refractivity (Wildman–Crippen MR) is 148 cm³/mol. The molecule has 0 aliphatic carbocycles. The number of aryl methyl sites for hydroxylation is 1. The Balaban J connectivity index is 0.000000956. The quantitative estimate of drug-likeness (QED) is 0.395. The first-order valence-electron chi connectivity index (χ1n) is 12.9. The molecule has 1 aliphatic rings. The fraction of sp³-hybridized carbons (Fsp3) is 0.385. The van der Waals surface area contributed by atoms with E-state index in [0.29, 0.717) is 54.8 Å². The minimum Gasteiger partial charge on any atom is -0.369 e. The second-order valence-corrected chi connectivity index (χ2v) is 8.12. The summed E-state index contributed by atoms with van der Waals surface area (Å²) in [6.45, 7) is 12.9. The van der Waals surface area contributed by atoms with Crippen LogP contribution in [-0.2, 0) is 4.79 Å². The molecule has 202 valence electrons. The lowest BCUT2D eigenvalue weighted by molar-refractivity contribution is -0.119. The molecule has 38 heavy (non-hydrogen) atoms. The molecule has 0 radical (unpaired) electrons. The number of nitrogens with two attached hydrogens (primary N) is 1. The highest BCUT2D eigenvalue weighted by Crippen LogP contribution is 2.24. The van der Waals surface area contributed by atoms with E-state index < -0.39 is 0 Å². The fourth-order valence-electron chi connectivity index (χ4n) is 3.90. The molecule has 0 bridgehead atoms. The number of piperazine rings is 1. The van der Waals surface area contributed by atoms with Gasteiger partial charge >= 0.3 is 0 Å². The summed E-state index contributed by atoms with van der Waals surface area (Å²) in [7, 11) is 0. The van der Waals surface area contributed by atoms with Gasteiger partial charge in [0.2, 0.25) is 5.91 Å². The molecule has 12 heteroatoms. The molecular weight excluding hydrogens is 484 g/mol. The Kier molecular flexibility index (Phi) is 9.88. The van der Waals surface area contributed by atoms with Crippen LogP contribution in [0.25, 0.3) is 11.5 Å². The molecule has 0 spiro atoms. The zero-order chi connectivity index (χ0) is 27.7. The maximum absolute atomic E-state index is 13.1. The highest BCUT2D eigenvalue weighted by molar-refractivity contribution is 6.08. The van der Waals surface area contributed by atoms with Gasteiger partial charge in [-0.05, 0) is 24.6 Å². The van der Waals surface area contributed by atoms with E-state index in [1.165, 1.54) is 6.20 Å². The number of anilines is 2. The lowest BCUT2D eigenvalue weighted by atomic mass is 10.3. The van der Waals surface area contributed by atoms with Crippen molar-refractivity contribution in [3.8, 4) is 5.82 Å². The number of amides is 2. The van der Waals surface area contributed by atoms with Gasteiger partial charge in [0.05, 0.1) is 12.7 Å². The van der Waals surface area contributed by atoms with E-state index >= 15 is 0 Å². The molecule has 4 aromatic rings. The summed E-state index contributed by atoms with van der Waals surface area (Å²) < 4.78 is 3.16. The molecule has 4 aromatic heterocycles. The van der Waals surface area contributed by atoms with Crippen molar-refractivity contribution in [2.45, 2.75) is 34.6 Å². The average Bonchev–Trinajstić information content (AvgIpc) is 3.56. The molecule has 0 unspecified atom stereocenters. The lowest BCUT2D eigenvalue weighted by Crippen LogP contribution is -2.49. The zero-order valence-corrected chi connectivity index (χ0v) is 22.6. The molecule has 0 atom stereocenters. The van der Waals surface area contributed by atoms with Crippen LogP contribution in [0, 0.1) is 6.92 Å². The summed E-state index contributed by atoms with van der Waals surface area (Å²) in [6.07, 6.45) is 6.58. The number of carbonyl (C=O) groups excluding carboxylic acids is 2. The molecule has 0 aromatic carbocycles. The number of nitrogens with zero attached hydrogens (tertiary/aromatic N) is 8. The smallest absolute Gasteiger partial charge is 0.262 e. The van der Waals surface area contributed by atoms with Gasteiger partial charge in [-0.3, -0.25) is 14.5 Å². The molecule has 5 heterocycles. The summed E-state index contributed by atoms with van der Waals surface area (Å²) in [5, 5.41) is 11.9. The number of carbonyl (C=O) groups is 2. The fourth-order valence-corrected chi connectivity index (χ4v) is 3.90. The summed E-state index contributed by atoms with van der Waals surface area (Å²) in [4.78, 5) is 37.2. The minimum absolute atomic E-state index is 0.241. The Labute approximate surface area is 222 Å². The standard InChI is InChI=1S/C22H24N10O2.2C2H6/c1-15-3-4-18(25-12-15)32-19(27-22(34)16-13-26-31-6-2-5-24-21(16)31)11-20(28-32)30-9-7-29(8-10-30)14-17(23)33;2*1-2/h2-6,11-13H,7-10,14H2,1H3,(H2,23,33)(H,27,34);2*1-2H3. The Morgan fingerprint density at radius 2 is 1.74 bits per heavy atom. The number of nitrogens with one attached hydrogen (secondary N) is 1. The third-order valence-electron chi connectivity index (χ3n) is 5.65. The van der Waals surface area contributed by atoms with E-state index in [9.17, 15) is 9.59 Å². The van der Waals surface area contributed by atoms with Crippen molar-refractivity contribution >= 4 is 29.1 Å². The van der Waals surface area contributed by atoms with Gasteiger partial charge in [-0.25, -0.2) is 14.5 Å². The molecule has 2 amide bonds. The van der Waals surface area contributed by atoms with Crippen molar-refractivity contribution in [2.75, 3.05) is 42.9 Å².